The lowest BCUT2D eigenvalue weighted by Crippen LogP contribution is -2.46. The average molecular weight is 429 g/mol. The third-order valence-electron chi connectivity index (χ3n) is 5.96. The van der Waals surface area contributed by atoms with E-state index in [4.69, 9.17) is 5.73 Å². The minimum Gasteiger partial charge on any atom is -0.368 e. The van der Waals surface area contributed by atoms with E-state index in [1.165, 1.54) is 0 Å². The van der Waals surface area contributed by atoms with Gasteiger partial charge in [-0.25, -0.2) is 4.79 Å². The number of nitrogens with zero attached hydrogens (tertiary/aromatic N) is 4. The standard InChI is InChI=1S/C23H23N7O2/c1-14-8-10-16(11-9-14)25-21-27-18(26-20(24)28-21)13-30-19(31)23(29-22(30)32)12-4-6-15-5-2-3-7-17(15)23/h2-3,5,7-11H,4,6,12-13H2,1H3,(H,29,32)(H3,24,25,26,27,28). The molecule has 1 fully saturated rings. The molecule has 1 aromatic heterocycles. The quantitative estimate of drug-likeness (QED) is 0.544. The van der Waals surface area contributed by atoms with E-state index >= 15 is 0 Å². The van der Waals surface area contributed by atoms with Gasteiger partial charge < -0.3 is 16.4 Å². The van der Waals surface area contributed by atoms with Gasteiger partial charge in [0.2, 0.25) is 11.9 Å². The zero-order chi connectivity index (χ0) is 22.3. The third kappa shape index (κ3) is 3.41. The molecular weight excluding hydrogens is 406 g/mol. The number of imide groups is 1. The van der Waals surface area contributed by atoms with Crippen molar-refractivity contribution in [2.75, 3.05) is 11.1 Å². The van der Waals surface area contributed by atoms with Crippen LogP contribution < -0.4 is 16.4 Å². The summed E-state index contributed by atoms with van der Waals surface area (Å²) in [5, 5.41) is 6.02. The monoisotopic (exact) mass is 429 g/mol. The molecule has 162 valence electrons. The number of anilines is 3. The van der Waals surface area contributed by atoms with Crippen LogP contribution in [0.5, 0.6) is 0 Å². The predicted molar refractivity (Wildman–Crippen MR) is 119 cm³/mol. The first kappa shape index (κ1) is 19.9. The average Bonchev–Trinajstić information content (AvgIpc) is 3.00. The van der Waals surface area contributed by atoms with Gasteiger partial charge in [-0.15, -0.1) is 0 Å². The van der Waals surface area contributed by atoms with Gasteiger partial charge in [0.25, 0.3) is 5.91 Å². The molecule has 2 aliphatic rings. The van der Waals surface area contributed by atoms with Crippen LogP contribution >= 0.6 is 0 Å². The van der Waals surface area contributed by atoms with Gasteiger partial charge in [0.15, 0.2) is 5.82 Å². The number of urea groups is 1. The lowest BCUT2D eigenvalue weighted by atomic mass is 9.76. The first-order chi connectivity index (χ1) is 15.4. The van der Waals surface area contributed by atoms with Crippen LogP contribution in [0.3, 0.4) is 0 Å². The molecule has 1 aliphatic carbocycles. The van der Waals surface area contributed by atoms with Crippen LogP contribution in [0.1, 0.15) is 35.4 Å². The summed E-state index contributed by atoms with van der Waals surface area (Å²) >= 11 is 0. The molecule has 2 aromatic carbocycles. The molecule has 1 saturated heterocycles. The summed E-state index contributed by atoms with van der Waals surface area (Å²) in [5.41, 5.74) is 8.71. The van der Waals surface area contributed by atoms with Crippen LogP contribution in [0, 0.1) is 6.92 Å². The Labute approximate surface area is 185 Å². The van der Waals surface area contributed by atoms with E-state index in [9.17, 15) is 9.59 Å². The summed E-state index contributed by atoms with van der Waals surface area (Å²) in [5.74, 6) is 0.203. The van der Waals surface area contributed by atoms with E-state index in [0.717, 1.165) is 40.1 Å². The maximum absolute atomic E-state index is 13.5. The summed E-state index contributed by atoms with van der Waals surface area (Å²) in [6, 6.07) is 15.0. The second kappa shape index (κ2) is 7.60. The van der Waals surface area contributed by atoms with Gasteiger partial charge in [-0.3, -0.25) is 9.69 Å². The number of hydrogen-bond donors (Lipinski definition) is 3. The van der Waals surface area contributed by atoms with Gasteiger partial charge in [0, 0.05) is 5.69 Å². The van der Waals surface area contributed by atoms with Crippen molar-refractivity contribution in [3.05, 3.63) is 71.0 Å². The highest BCUT2D eigenvalue weighted by Crippen LogP contribution is 2.40. The Morgan fingerprint density at radius 1 is 1.09 bits per heavy atom. The fourth-order valence-electron chi connectivity index (χ4n) is 4.43. The number of fused-ring (bicyclic) bond motifs is 2. The Balaban J connectivity index is 1.41. The van der Waals surface area contributed by atoms with Gasteiger partial charge >= 0.3 is 6.03 Å². The van der Waals surface area contributed by atoms with Crippen molar-refractivity contribution in [3.63, 3.8) is 0 Å². The molecule has 32 heavy (non-hydrogen) atoms. The molecule has 9 nitrogen and oxygen atoms in total. The van der Waals surface area contributed by atoms with Gasteiger partial charge in [0.1, 0.15) is 5.54 Å². The Hall–Kier alpha value is -4.01. The number of nitrogen functional groups attached to an aromatic ring is 1. The first-order valence-corrected chi connectivity index (χ1v) is 10.5. The SMILES string of the molecule is Cc1ccc(Nc2nc(N)nc(CN3C(=O)NC4(CCCc5ccccc54)C3=O)n2)cc1. The van der Waals surface area contributed by atoms with Gasteiger partial charge in [-0.05, 0) is 49.4 Å². The van der Waals surface area contributed by atoms with Crippen molar-refractivity contribution in [2.45, 2.75) is 38.3 Å². The zero-order valence-electron chi connectivity index (χ0n) is 17.6. The van der Waals surface area contributed by atoms with Crippen LogP contribution in [-0.2, 0) is 23.3 Å². The zero-order valence-corrected chi connectivity index (χ0v) is 17.6. The Bertz CT molecular complexity index is 1210. The Morgan fingerprint density at radius 2 is 1.88 bits per heavy atom. The molecule has 1 atom stereocenters. The normalized spacial score (nSPS) is 19.7. The maximum Gasteiger partial charge on any atom is 0.325 e. The number of benzene rings is 2. The van der Waals surface area contributed by atoms with E-state index in [1.807, 2.05) is 55.5 Å². The second-order valence-corrected chi connectivity index (χ2v) is 8.16. The fraction of sp³-hybridized carbons (Fsp3) is 0.261. The van der Waals surface area contributed by atoms with Crippen molar-refractivity contribution >= 4 is 29.5 Å². The molecule has 1 spiro atoms. The number of hydrogen-bond acceptors (Lipinski definition) is 7. The van der Waals surface area contributed by atoms with E-state index in [1.54, 1.807) is 0 Å². The highest BCUT2D eigenvalue weighted by Gasteiger charge is 2.54. The topological polar surface area (TPSA) is 126 Å². The lowest BCUT2D eigenvalue weighted by molar-refractivity contribution is -0.132. The molecule has 9 heteroatoms. The van der Waals surface area contributed by atoms with Crippen LogP contribution in [0.15, 0.2) is 48.5 Å². The number of nitrogens with two attached hydrogens (primary N) is 1. The summed E-state index contributed by atoms with van der Waals surface area (Å²) in [6.07, 6.45) is 2.27. The third-order valence-corrected chi connectivity index (χ3v) is 5.96. The Morgan fingerprint density at radius 3 is 2.69 bits per heavy atom. The summed E-state index contributed by atoms with van der Waals surface area (Å²) in [4.78, 5) is 40.1. The maximum atomic E-state index is 13.5. The molecule has 3 amide bonds. The predicted octanol–water partition coefficient (Wildman–Crippen LogP) is 2.79. The van der Waals surface area contributed by atoms with Crippen molar-refractivity contribution < 1.29 is 9.59 Å². The summed E-state index contributed by atoms with van der Waals surface area (Å²) in [6.45, 7) is 1.91. The van der Waals surface area contributed by atoms with Crippen molar-refractivity contribution in [2.24, 2.45) is 0 Å². The van der Waals surface area contributed by atoms with Crippen LogP contribution in [0.2, 0.25) is 0 Å². The molecule has 0 saturated carbocycles. The van der Waals surface area contributed by atoms with E-state index in [0.29, 0.717) is 6.42 Å². The number of aryl methyl sites for hydroxylation is 2. The van der Waals surface area contributed by atoms with E-state index < -0.39 is 11.6 Å². The molecule has 0 bridgehead atoms. The van der Waals surface area contributed by atoms with Crippen molar-refractivity contribution in [3.8, 4) is 0 Å². The van der Waals surface area contributed by atoms with Crippen LogP contribution in [0.4, 0.5) is 22.4 Å². The second-order valence-electron chi connectivity index (χ2n) is 8.16. The number of amides is 3. The minimum atomic E-state index is -1.03. The van der Waals surface area contributed by atoms with Crippen LogP contribution in [-0.4, -0.2) is 31.8 Å². The molecule has 1 unspecified atom stereocenters. The molecule has 2 heterocycles. The van der Waals surface area contributed by atoms with Gasteiger partial charge in [0.05, 0.1) is 6.54 Å². The number of aromatic nitrogens is 3. The number of rotatable bonds is 4. The largest absolute Gasteiger partial charge is 0.368 e. The molecule has 4 N–H and O–H groups in total. The minimum absolute atomic E-state index is 0.00870. The molecule has 3 aromatic rings. The lowest BCUT2D eigenvalue weighted by Gasteiger charge is -2.33. The van der Waals surface area contributed by atoms with Crippen molar-refractivity contribution in [1.29, 1.82) is 0 Å². The van der Waals surface area contributed by atoms with Gasteiger partial charge in [-0.1, -0.05) is 42.0 Å². The number of carbonyl (C=O) groups is 2. The summed E-state index contributed by atoms with van der Waals surface area (Å²) in [7, 11) is 0. The highest BCUT2D eigenvalue weighted by atomic mass is 16.2. The molecule has 0 radical (unpaired) electrons. The molecule has 1 aliphatic heterocycles. The fourth-order valence-corrected chi connectivity index (χ4v) is 4.43. The first-order valence-electron chi connectivity index (χ1n) is 10.5. The van der Waals surface area contributed by atoms with Gasteiger partial charge in [-0.2, -0.15) is 15.0 Å². The molecule has 5 rings (SSSR count). The number of nitrogens with one attached hydrogen (secondary N) is 2. The van der Waals surface area contributed by atoms with E-state index in [2.05, 4.69) is 25.6 Å². The summed E-state index contributed by atoms with van der Waals surface area (Å²) < 4.78 is 0. The molecular formula is C23H23N7O2. The number of carbonyl (C=O) groups excluding carboxylic acids is 2. The van der Waals surface area contributed by atoms with E-state index in [-0.39, 0.29) is 30.2 Å². The highest BCUT2D eigenvalue weighted by molar-refractivity contribution is 6.07. The van der Waals surface area contributed by atoms with Crippen LogP contribution in [0.25, 0.3) is 0 Å². The smallest absolute Gasteiger partial charge is 0.325 e. The van der Waals surface area contributed by atoms with Crippen molar-refractivity contribution in [1.82, 2.24) is 25.2 Å². The Kier molecular flexibility index (Phi) is 4.73.